The average molecular weight is 563 g/mol. The van der Waals surface area contributed by atoms with Crippen molar-refractivity contribution in [1.82, 2.24) is 0 Å². The van der Waals surface area contributed by atoms with Crippen molar-refractivity contribution in [3.05, 3.63) is 0 Å². The Hall–Kier alpha value is 1.10. The maximum atomic E-state index is 7.39. The summed E-state index contributed by atoms with van der Waals surface area (Å²) >= 11 is 4.64. The second-order valence-electron chi connectivity index (χ2n) is 13.5. The molecule has 0 radical (unpaired) electrons. The Labute approximate surface area is 222 Å². The first-order valence-electron chi connectivity index (χ1n) is 14.4. The lowest BCUT2D eigenvalue weighted by Crippen LogP contribution is -2.61. The fraction of sp³-hybridized carbons (Fsp3) is 1.00. The molecule has 2 aliphatic rings. The van der Waals surface area contributed by atoms with Gasteiger partial charge >= 0.3 is 0 Å². The maximum absolute atomic E-state index is 7.39. The molecule has 2 saturated heterocycles. The maximum Gasteiger partial charge on any atom is 0.187 e. The Morgan fingerprint density at radius 1 is 0.706 bits per heavy atom. The molecule has 0 aromatic rings. The minimum absolute atomic E-state index is 0.116. The van der Waals surface area contributed by atoms with Gasteiger partial charge in [-0.3, -0.25) is 0 Å². The summed E-state index contributed by atoms with van der Waals surface area (Å²) < 4.78 is 21.8. The molecular weight excluding hydrogens is 505 g/mol. The number of fused-ring (bicyclic) bond motifs is 6. The predicted molar refractivity (Wildman–Crippen MR) is 164 cm³/mol. The van der Waals surface area contributed by atoms with Crippen LogP contribution < -0.4 is 0 Å². The summed E-state index contributed by atoms with van der Waals surface area (Å²) in [6, 6.07) is 9.81. The smallest absolute Gasteiger partial charge is 0.187 e. The fourth-order valence-corrected chi connectivity index (χ4v) is 20.9. The molecule has 2 unspecified atom stereocenters. The van der Waals surface area contributed by atoms with Gasteiger partial charge in [-0.25, -0.2) is 0 Å². The molecule has 0 amide bonds. The Bertz CT molecular complexity index is 597. The molecule has 0 aliphatic carbocycles. The third kappa shape index (κ3) is 8.84. The van der Waals surface area contributed by atoms with E-state index < -0.39 is 33.0 Å². The number of hydrogen-bond acceptors (Lipinski definition) is 4. The van der Waals surface area contributed by atoms with Crippen LogP contribution in [0.25, 0.3) is 0 Å². The lowest BCUT2D eigenvalue weighted by atomic mass is 9.89. The average Bonchev–Trinajstić information content (AvgIpc) is 2.73. The monoisotopic (exact) mass is 562 g/mol. The van der Waals surface area contributed by atoms with Crippen LogP contribution in [0.2, 0.25) is 81.6 Å². The molecule has 3 nitrogen and oxygen atoms in total. The van der Waals surface area contributed by atoms with Gasteiger partial charge in [0.25, 0.3) is 0 Å². The molecule has 0 spiro atoms. The van der Waals surface area contributed by atoms with Gasteiger partial charge in [-0.1, -0.05) is 57.3 Å². The van der Waals surface area contributed by atoms with Gasteiger partial charge in [-0.05, 0) is 89.4 Å². The van der Waals surface area contributed by atoms with E-state index >= 15 is 0 Å². The second kappa shape index (κ2) is 12.8. The van der Waals surface area contributed by atoms with Crippen molar-refractivity contribution < 1.29 is 13.3 Å². The number of rotatable bonds is 5. The first-order valence-corrected chi connectivity index (χ1v) is 27.2. The van der Waals surface area contributed by atoms with Crippen molar-refractivity contribution >= 4 is 45.7 Å². The molecule has 2 atom stereocenters. The highest BCUT2D eigenvalue weighted by Crippen LogP contribution is 2.42. The van der Waals surface area contributed by atoms with E-state index in [-0.39, 0.29) is 17.8 Å². The highest BCUT2D eigenvalue weighted by molar-refractivity contribution is 7.80. The van der Waals surface area contributed by atoms with Crippen molar-refractivity contribution in [2.75, 3.05) is 5.75 Å². The molecule has 2 fully saturated rings. The first kappa shape index (κ1) is 31.3. The molecule has 0 saturated carbocycles. The zero-order chi connectivity index (χ0) is 25.7. The van der Waals surface area contributed by atoms with Crippen LogP contribution in [0.5, 0.6) is 0 Å². The molecule has 34 heavy (non-hydrogen) atoms. The second-order valence-corrected chi connectivity index (χ2v) is 31.7. The van der Waals surface area contributed by atoms with Crippen LogP contribution in [0.3, 0.4) is 0 Å². The SMILES string of the molecule is CCC1O[Si](C)(C)CCC[Si]2(CCCS)CCC[Si](C)(C)OC(CC)C1(C)O[Si](C)(C)CCC2. The zero-order valence-corrected chi connectivity index (χ0v) is 29.1. The van der Waals surface area contributed by atoms with Crippen molar-refractivity contribution in [3.63, 3.8) is 0 Å². The van der Waals surface area contributed by atoms with Gasteiger partial charge in [0.1, 0.15) is 5.60 Å². The predicted octanol–water partition coefficient (Wildman–Crippen LogP) is 8.93. The van der Waals surface area contributed by atoms with Crippen LogP contribution in [0.4, 0.5) is 0 Å². The molecule has 2 bridgehead atoms. The molecule has 2 aliphatic heterocycles. The third-order valence-electron chi connectivity index (χ3n) is 8.76. The standard InChI is InChI=1S/C26H58O3SSi4/c1-10-24-26(3)25(11-2)28-32(6,7)18-14-22-34(20-12-16-30,21-13-17-31(4,5)27-24)23-15-19-33(8,9)29-26/h24-25,30H,10-23H2,1-9H3. The molecule has 0 aromatic carbocycles. The van der Waals surface area contributed by atoms with Crippen LogP contribution >= 0.6 is 12.6 Å². The normalized spacial score (nSPS) is 37.2. The number of hydrogen-bond donors (Lipinski definition) is 1. The summed E-state index contributed by atoms with van der Waals surface area (Å²) in [5.41, 5.74) is -0.365. The van der Waals surface area contributed by atoms with Gasteiger partial charge in [0, 0.05) is 0 Å². The number of thiol groups is 1. The van der Waals surface area contributed by atoms with Crippen molar-refractivity contribution in [3.8, 4) is 0 Å². The van der Waals surface area contributed by atoms with Gasteiger partial charge in [-0.2, -0.15) is 12.6 Å². The van der Waals surface area contributed by atoms with Crippen molar-refractivity contribution in [1.29, 1.82) is 0 Å². The summed E-state index contributed by atoms with van der Waals surface area (Å²) in [4.78, 5) is 0. The van der Waals surface area contributed by atoms with E-state index in [1.807, 2.05) is 0 Å². The zero-order valence-electron chi connectivity index (χ0n) is 24.2. The van der Waals surface area contributed by atoms with Crippen molar-refractivity contribution in [2.45, 2.75) is 159 Å². The van der Waals surface area contributed by atoms with E-state index in [1.165, 1.54) is 68.0 Å². The minimum atomic E-state index is -1.89. The van der Waals surface area contributed by atoms with Gasteiger partial charge in [0.15, 0.2) is 25.0 Å². The van der Waals surface area contributed by atoms with Crippen LogP contribution in [0, 0.1) is 0 Å². The topological polar surface area (TPSA) is 27.7 Å². The molecular formula is C26H58O3SSi4. The van der Waals surface area contributed by atoms with Crippen molar-refractivity contribution in [2.24, 2.45) is 0 Å². The molecule has 0 aromatic heterocycles. The summed E-state index contributed by atoms with van der Waals surface area (Å²) in [6.07, 6.45) is 7.65. The van der Waals surface area contributed by atoms with E-state index in [1.54, 1.807) is 0 Å². The third-order valence-corrected chi connectivity index (χ3v) is 22.2. The van der Waals surface area contributed by atoms with E-state index in [4.69, 9.17) is 13.3 Å². The lowest BCUT2D eigenvalue weighted by molar-refractivity contribution is -0.111. The minimum Gasteiger partial charge on any atom is -0.411 e. The molecule has 202 valence electrons. The van der Waals surface area contributed by atoms with Crippen LogP contribution in [-0.2, 0) is 13.3 Å². The Kier molecular flexibility index (Phi) is 11.8. The highest BCUT2D eigenvalue weighted by Gasteiger charge is 2.50. The Morgan fingerprint density at radius 2 is 1.12 bits per heavy atom. The van der Waals surface area contributed by atoms with E-state index in [2.05, 4.69) is 72.7 Å². The van der Waals surface area contributed by atoms with E-state index in [9.17, 15) is 0 Å². The molecule has 8 heteroatoms. The van der Waals surface area contributed by atoms with Gasteiger partial charge in [0.2, 0.25) is 0 Å². The van der Waals surface area contributed by atoms with E-state index in [0.717, 1.165) is 18.6 Å². The summed E-state index contributed by atoms with van der Waals surface area (Å²) in [6.45, 7) is 21.7. The van der Waals surface area contributed by atoms with E-state index in [0.29, 0.717) is 0 Å². The quantitative estimate of drug-likeness (QED) is 0.268. The first-order chi connectivity index (χ1) is 15.7. The molecule has 2 rings (SSSR count). The summed E-state index contributed by atoms with van der Waals surface area (Å²) in [5, 5.41) is 0. The van der Waals surface area contributed by atoms with Crippen LogP contribution in [0.15, 0.2) is 0 Å². The molecule has 0 N–H and O–H groups in total. The molecule has 2 heterocycles. The summed E-state index contributed by atoms with van der Waals surface area (Å²) in [5.74, 6) is 1.04. The summed E-state index contributed by atoms with van der Waals surface area (Å²) in [7, 11) is -6.84. The van der Waals surface area contributed by atoms with Gasteiger partial charge in [0.05, 0.1) is 20.3 Å². The Balaban J connectivity index is 2.62. The lowest BCUT2D eigenvalue weighted by Gasteiger charge is -2.50. The van der Waals surface area contributed by atoms with Gasteiger partial charge in [-0.15, -0.1) is 0 Å². The largest absolute Gasteiger partial charge is 0.411 e. The Morgan fingerprint density at radius 3 is 1.50 bits per heavy atom. The highest BCUT2D eigenvalue weighted by atomic mass is 32.1. The van der Waals surface area contributed by atoms with Crippen LogP contribution in [0.1, 0.15) is 59.3 Å². The van der Waals surface area contributed by atoms with Crippen LogP contribution in [-0.4, -0.2) is 56.6 Å². The fourth-order valence-electron chi connectivity index (χ4n) is 6.96. The van der Waals surface area contributed by atoms with Gasteiger partial charge < -0.3 is 13.3 Å².